The standard InChI is InChI=1S/C13H17NO4/c1-9-5-3-4-6-11(9)10(2)14(7-12(15)16)8-13(17)18/h3-6,10H,7-8H2,1-2H3,(H,15,16)(H,17,18). The minimum Gasteiger partial charge on any atom is -0.480 e. The number of benzene rings is 1. The molecule has 0 aliphatic heterocycles. The van der Waals surface area contributed by atoms with Gasteiger partial charge in [-0.15, -0.1) is 0 Å². The van der Waals surface area contributed by atoms with Crippen LogP contribution in [0.4, 0.5) is 0 Å². The summed E-state index contributed by atoms with van der Waals surface area (Å²) in [6.07, 6.45) is 0. The molecule has 1 unspecified atom stereocenters. The number of rotatable bonds is 6. The van der Waals surface area contributed by atoms with E-state index in [2.05, 4.69) is 0 Å². The van der Waals surface area contributed by atoms with E-state index in [1.807, 2.05) is 38.1 Å². The van der Waals surface area contributed by atoms with Crippen LogP contribution in [-0.2, 0) is 9.59 Å². The Balaban J connectivity index is 2.94. The van der Waals surface area contributed by atoms with Gasteiger partial charge in [-0.3, -0.25) is 14.5 Å². The fourth-order valence-corrected chi connectivity index (χ4v) is 1.93. The molecule has 0 amide bonds. The van der Waals surface area contributed by atoms with Gasteiger partial charge in [0.05, 0.1) is 13.1 Å². The zero-order valence-electron chi connectivity index (χ0n) is 10.5. The summed E-state index contributed by atoms with van der Waals surface area (Å²) in [5.41, 5.74) is 1.96. The van der Waals surface area contributed by atoms with Gasteiger partial charge in [0, 0.05) is 6.04 Å². The molecular formula is C13H17NO4. The number of nitrogens with zero attached hydrogens (tertiary/aromatic N) is 1. The molecule has 0 aromatic heterocycles. The van der Waals surface area contributed by atoms with Gasteiger partial charge in [0.25, 0.3) is 0 Å². The van der Waals surface area contributed by atoms with Crippen LogP contribution in [0.2, 0.25) is 0 Å². The molecule has 5 heteroatoms. The van der Waals surface area contributed by atoms with Crippen molar-refractivity contribution in [2.75, 3.05) is 13.1 Å². The summed E-state index contributed by atoms with van der Waals surface area (Å²) in [4.78, 5) is 23.0. The van der Waals surface area contributed by atoms with E-state index in [1.54, 1.807) is 0 Å². The number of carbonyl (C=O) groups is 2. The first-order valence-electron chi connectivity index (χ1n) is 5.65. The highest BCUT2D eigenvalue weighted by molar-refractivity contribution is 5.72. The predicted molar refractivity (Wildman–Crippen MR) is 66.4 cm³/mol. The molecule has 0 radical (unpaired) electrons. The van der Waals surface area contributed by atoms with Gasteiger partial charge in [-0.05, 0) is 25.0 Å². The van der Waals surface area contributed by atoms with Crippen LogP contribution in [0, 0.1) is 6.92 Å². The fraction of sp³-hybridized carbons (Fsp3) is 0.385. The SMILES string of the molecule is Cc1ccccc1C(C)N(CC(=O)O)CC(=O)O. The van der Waals surface area contributed by atoms with Crippen LogP contribution in [-0.4, -0.2) is 40.1 Å². The monoisotopic (exact) mass is 251 g/mol. The third-order valence-electron chi connectivity index (χ3n) is 2.86. The molecule has 0 heterocycles. The summed E-state index contributed by atoms with van der Waals surface area (Å²) in [6.45, 7) is 3.16. The predicted octanol–water partition coefficient (Wildman–Crippen LogP) is 1.53. The highest BCUT2D eigenvalue weighted by Gasteiger charge is 2.21. The summed E-state index contributed by atoms with van der Waals surface area (Å²) >= 11 is 0. The van der Waals surface area contributed by atoms with Crippen molar-refractivity contribution in [1.29, 1.82) is 0 Å². The van der Waals surface area contributed by atoms with Crippen LogP contribution in [0.15, 0.2) is 24.3 Å². The summed E-state index contributed by atoms with van der Waals surface area (Å²) in [5, 5.41) is 17.7. The largest absolute Gasteiger partial charge is 0.480 e. The average Bonchev–Trinajstić information content (AvgIpc) is 2.26. The van der Waals surface area contributed by atoms with E-state index in [1.165, 1.54) is 4.90 Å². The van der Waals surface area contributed by atoms with Crippen LogP contribution in [0.1, 0.15) is 24.1 Å². The maximum Gasteiger partial charge on any atom is 0.317 e. The molecule has 0 saturated carbocycles. The number of aliphatic carboxylic acids is 2. The molecule has 18 heavy (non-hydrogen) atoms. The minimum absolute atomic E-state index is 0.251. The molecule has 1 aromatic rings. The van der Waals surface area contributed by atoms with E-state index in [0.717, 1.165) is 11.1 Å². The van der Waals surface area contributed by atoms with Gasteiger partial charge in [-0.2, -0.15) is 0 Å². The third kappa shape index (κ3) is 3.85. The molecule has 0 bridgehead atoms. The van der Waals surface area contributed by atoms with Crippen molar-refractivity contribution in [3.8, 4) is 0 Å². The van der Waals surface area contributed by atoms with E-state index in [0.29, 0.717) is 0 Å². The quantitative estimate of drug-likeness (QED) is 0.801. The first-order chi connectivity index (χ1) is 8.41. The Morgan fingerprint density at radius 3 is 2.11 bits per heavy atom. The number of carboxylic acids is 2. The third-order valence-corrected chi connectivity index (χ3v) is 2.86. The van der Waals surface area contributed by atoms with Crippen LogP contribution in [0.5, 0.6) is 0 Å². The lowest BCUT2D eigenvalue weighted by atomic mass is 10.0. The topological polar surface area (TPSA) is 77.8 Å². The Kier molecular flexibility index (Phi) is 4.85. The van der Waals surface area contributed by atoms with Crippen LogP contribution in [0.3, 0.4) is 0 Å². The zero-order chi connectivity index (χ0) is 13.7. The second kappa shape index (κ2) is 6.16. The highest BCUT2D eigenvalue weighted by atomic mass is 16.4. The lowest BCUT2D eigenvalue weighted by Gasteiger charge is -2.27. The van der Waals surface area contributed by atoms with Crippen molar-refractivity contribution in [2.45, 2.75) is 19.9 Å². The van der Waals surface area contributed by atoms with Gasteiger partial charge in [0.1, 0.15) is 0 Å². The van der Waals surface area contributed by atoms with Crippen molar-refractivity contribution in [3.63, 3.8) is 0 Å². The number of hydrogen-bond donors (Lipinski definition) is 2. The van der Waals surface area contributed by atoms with E-state index in [9.17, 15) is 9.59 Å². The number of aryl methyl sites for hydroxylation is 1. The van der Waals surface area contributed by atoms with Crippen molar-refractivity contribution in [1.82, 2.24) is 4.90 Å². The van der Waals surface area contributed by atoms with Crippen molar-refractivity contribution in [2.24, 2.45) is 0 Å². The van der Waals surface area contributed by atoms with Gasteiger partial charge >= 0.3 is 11.9 Å². The second-order valence-electron chi connectivity index (χ2n) is 4.23. The van der Waals surface area contributed by atoms with E-state index in [-0.39, 0.29) is 19.1 Å². The molecule has 0 fully saturated rings. The smallest absolute Gasteiger partial charge is 0.317 e. The highest BCUT2D eigenvalue weighted by Crippen LogP contribution is 2.22. The fourth-order valence-electron chi connectivity index (χ4n) is 1.93. The molecule has 2 N–H and O–H groups in total. The maximum atomic E-state index is 10.8. The molecule has 1 rings (SSSR count). The minimum atomic E-state index is -1.03. The molecule has 0 aliphatic carbocycles. The molecule has 1 atom stereocenters. The Labute approximate surface area is 106 Å². The van der Waals surface area contributed by atoms with Gasteiger partial charge in [-0.25, -0.2) is 0 Å². The summed E-state index contributed by atoms with van der Waals surface area (Å²) in [6, 6.07) is 7.31. The Morgan fingerprint density at radius 2 is 1.67 bits per heavy atom. The van der Waals surface area contributed by atoms with E-state index < -0.39 is 11.9 Å². The number of carboxylic acid groups (broad SMARTS) is 2. The van der Waals surface area contributed by atoms with Crippen molar-refractivity contribution in [3.05, 3.63) is 35.4 Å². The summed E-state index contributed by atoms with van der Waals surface area (Å²) in [7, 11) is 0. The van der Waals surface area contributed by atoms with Gasteiger partial charge in [0.2, 0.25) is 0 Å². The maximum absolute atomic E-state index is 10.8. The molecule has 98 valence electrons. The normalized spacial score (nSPS) is 12.4. The average molecular weight is 251 g/mol. The van der Waals surface area contributed by atoms with Crippen molar-refractivity contribution < 1.29 is 19.8 Å². The van der Waals surface area contributed by atoms with Crippen LogP contribution < -0.4 is 0 Å². The lowest BCUT2D eigenvalue weighted by Crippen LogP contribution is -2.36. The first kappa shape index (κ1) is 14.2. The molecule has 0 aliphatic rings. The molecule has 1 aromatic carbocycles. The second-order valence-corrected chi connectivity index (χ2v) is 4.23. The Hall–Kier alpha value is -1.88. The van der Waals surface area contributed by atoms with Crippen LogP contribution in [0.25, 0.3) is 0 Å². The van der Waals surface area contributed by atoms with Gasteiger partial charge in [-0.1, -0.05) is 24.3 Å². The Morgan fingerprint density at radius 1 is 1.17 bits per heavy atom. The van der Waals surface area contributed by atoms with Crippen molar-refractivity contribution >= 4 is 11.9 Å². The number of hydrogen-bond acceptors (Lipinski definition) is 3. The molecular weight excluding hydrogens is 234 g/mol. The zero-order valence-corrected chi connectivity index (χ0v) is 10.5. The van der Waals surface area contributed by atoms with E-state index >= 15 is 0 Å². The molecule has 5 nitrogen and oxygen atoms in total. The molecule has 0 spiro atoms. The van der Waals surface area contributed by atoms with Gasteiger partial charge in [0.15, 0.2) is 0 Å². The lowest BCUT2D eigenvalue weighted by molar-refractivity contribution is -0.142. The molecule has 0 saturated heterocycles. The summed E-state index contributed by atoms with van der Waals surface area (Å²) in [5.74, 6) is -2.06. The Bertz CT molecular complexity index is 428. The first-order valence-corrected chi connectivity index (χ1v) is 5.65. The summed E-state index contributed by atoms with van der Waals surface area (Å²) < 4.78 is 0. The van der Waals surface area contributed by atoms with Gasteiger partial charge < -0.3 is 10.2 Å². The van der Waals surface area contributed by atoms with Crippen LogP contribution >= 0.6 is 0 Å². The van der Waals surface area contributed by atoms with E-state index in [4.69, 9.17) is 10.2 Å².